The van der Waals surface area contributed by atoms with Crippen LogP contribution in [-0.2, 0) is 9.53 Å². The third kappa shape index (κ3) is 3.44. The van der Waals surface area contributed by atoms with Crippen LogP contribution in [0.15, 0.2) is 18.2 Å². The van der Waals surface area contributed by atoms with Crippen LogP contribution in [0.5, 0.6) is 0 Å². The molecule has 0 bridgehead atoms. The lowest BCUT2D eigenvalue weighted by atomic mass is 9.94. The monoisotopic (exact) mass is 263 g/mol. The number of carbonyl (C=O) groups is 1. The van der Waals surface area contributed by atoms with Crippen molar-refractivity contribution in [3.05, 3.63) is 23.9 Å². The molecule has 1 atom stereocenters. The van der Waals surface area contributed by atoms with Crippen LogP contribution in [0.3, 0.4) is 0 Å². The number of likely N-dealkylation sites (tertiary alicyclic amines) is 1. The average Bonchev–Trinajstić information content (AvgIpc) is 2.48. The molecule has 1 N–H and O–H groups in total. The van der Waals surface area contributed by atoms with Crippen molar-refractivity contribution in [1.82, 2.24) is 9.88 Å². The van der Waals surface area contributed by atoms with Gasteiger partial charge in [-0.1, -0.05) is 6.07 Å². The summed E-state index contributed by atoms with van der Waals surface area (Å²) in [5, 5.41) is 3.05. The molecule has 1 aromatic rings. The standard InChI is InChI=1S/C14H21N3O2/c1-15-13-7-3-6-12(16-13)11-5-4-8-17(9-11)14(18)10-19-2/h3,6-7,11H,4-5,8-10H2,1-2H3,(H,15,16)/t11-/m1/s1. The maximum absolute atomic E-state index is 11.9. The fourth-order valence-electron chi connectivity index (χ4n) is 2.48. The minimum Gasteiger partial charge on any atom is -0.375 e. The lowest BCUT2D eigenvalue weighted by Crippen LogP contribution is -2.41. The van der Waals surface area contributed by atoms with Crippen LogP contribution < -0.4 is 5.32 Å². The van der Waals surface area contributed by atoms with Gasteiger partial charge in [-0.05, 0) is 25.0 Å². The molecule has 5 heteroatoms. The molecule has 1 aromatic heterocycles. The van der Waals surface area contributed by atoms with Crippen LogP contribution in [0.2, 0.25) is 0 Å². The molecule has 1 aliphatic heterocycles. The average molecular weight is 263 g/mol. The summed E-state index contributed by atoms with van der Waals surface area (Å²) in [6.45, 7) is 1.73. The first kappa shape index (κ1) is 13.8. The van der Waals surface area contributed by atoms with Gasteiger partial charge in [-0.25, -0.2) is 4.98 Å². The summed E-state index contributed by atoms with van der Waals surface area (Å²) in [5.74, 6) is 1.26. The zero-order valence-corrected chi connectivity index (χ0v) is 11.6. The largest absolute Gasteiger partial charge is 0.375 e. The van der Waals surface area contributed by atoms with Gasteiger partial charge < -0.3 is 15.0 Å². The first-order valence-electron chi connectivity index (χ1n) is 6.66. The topological polar surface area (TPSA) is 54.5 Å². The number of anilines is 1. The molecule has 19 heavy (non-hydrogen) atoms. The predicted octanol–water partition coefficient (Wildman–Crippen LogP) is 1.48. The molecule has 1 aliphatic rings. The number of nitrogens with one attached hydrogen (secondary N) is 1. The summed E-state index contributed by atoms with van der Waals surface area (Å²) >= 11 is 0. The van der Waals surface area contributed by atoms with Crippen molar-refractivity contribution in [3.8, 4) is 0 Å². The molecular formula is C14H21N3O2. The van der Waals surface area contributed by atoms with Crippen LogP contribution in [-0.4, -0.2) is 49.6 Å². The van der Waals surface area contributed by atoms with E-state index in [1.807, 2.05) is 30.1 Å². The van der Waals surface area contributed by atoms with Gasteiger partial charge in [0.15, 0.2) is 0 Å². The van der Waals surface area contributed by atoms with Crippen LogP contribution in [0.1, 0.15) is 24.5 Å². The van der Waals surface area contributed by atoms with Gasteiger partial charge in [0.1, 0.15) is 12.4 Å². The normalized spacial score (nSPS) is 19.3. The van der Waals surface area contributed by atoms with E-state index in [-0.39, 0.29) is 12.5 Å². The molecule has 1 fully saturated rings. The Morgan fingerprint density at radius 1 is 1.58 bits per heavy atom. The number of aromatic nitrogens is 1. The number of hydrogen-bond donors (Lipinski definition) is 1. The van der Waals surface area contributed by atoms with Gasteiger partial charge in [0.05, 0.1) is 0 Å². The van der Waals surface area contributed by atoms with E-state index in [2.05, 4.69) is 10.3 Å². The number of methoxy groups -OCH3 is 1. The molecule has 104 valence electrons. The molecule has 1 saturated heterocycles. The predicted molar refractivity (Wildman–Crippen MR) is 74.2 cm³/mol. The fraction of sp³-hybridized carbons (Fsp3) is 0.571. The van der Waals surface area contributed by atoms with Crippen LogP contribution in [0.25, 0.3) is 0 Å². The van der Waals surface area contributed by atoms with E-state index in [0.29, 0.717) is 5.92 Å². The summed E-state index contributed by atoms with van der Waals surface area (Å²) in [5.41, 5.74) is 1.06. The number of rotatable bonds is 4. The molecule has 0 radical (unpaired) electrons. The van der Waals surface area contributed by atoms with E-state index < -0.39 is 0 Å². The Labute approximate surface area is 114 Å². The summed E-state index contributed by atoms with van der Waals surface area (Å²) < 4.78 is 4.92. The molecule has 0 unspecified atom stereocenters. The fourth-order valence-corrected chi connectivity index (χ4v) is 2.48. The summed E-state index contributed by atoms with van der Waals surface area (Å²) in [7, 11) is 3.42. The lowest BCUT2D eigenvalue weighted by Gasteiger charge is -2.32. The molecular weight excluding hydrogens is 242 g/mol. The second-order valence-corrected chi connectivity index (χ2v) is 4.81. The Bertz CT molecular complexity index is 436. The second kappa shape index (κ2) is 6.52. The van der Waals surface area contributed by atoms with Crippen molar-refractivity contribution >= 4 is 11.7 Å². The van der Waals surface area contributed by atoms with E-state index in [1.54, 1.807) is 7.11 Å². The van der Waals surface area contributed by atoms with E-state index >= 15 is 0 Å². The third-order valence-corrected chi connectivity index (χ3v) is 3.49. The zero-order valence-electron chi connectivity index (χ0n) is 11.6. The Balaban J connectivity index is 2.05. The highest BCUT2D eigenvalue weighted by Crippen LogP contribution is 2.26. The lowest BCUT2D eigenvalue weighted by molar-refractivity contribution is -0.136. The number of nitrogens with zero attached hydrogens (tertiary/aromatic N) is 2. The highest BCUT2D eigenvalue weighted by Gasteiger charge is 2.25. The van der Waals surface area contributed by atoms with Crippen molar-refractivity contribution in [2.45, 2.75) is 18.8 Å². The first-order valence-corrected chi connectivity index (χ1v) is 6.66. The van der Waals surface area contributed by atoms with Crippen molar-refractivity contribution < 1.29 is 9.53 Å². The highest BCUT2D eigenvalue weighted by molar-refractivity contribution is 5.77. The highest BCUT2D eigenvalue weighted by atomic mass is 16.5. The van der Waals surface area contributed by atoms with E-state index in [4.69, 9.17) is 4.74 Å². The SMILES string of the molecule is CNc1cccc([C@@H]2CCCN(C(=O)COC)C2)n1. The van der Waals surface area contributed by atoms with Crippen molar-refractivity contribution in [1.29, 1.82) is 0 Å². The Morgan fingerprint density at radius 3 is 3.16 bits per heavy atom. The molecule has 1 amide bonds. The molecule has 2 rings (SSSR count). The molecule has 2 heterocycles. The van der Waals surface area contributed by atoms with Gasteiger partial charge in [-0.2, -0.15) is 0 Å². The van der Waals surface area contributed by atoms with Crippen LogP contribution in [0, 0.1) is 0 Å². The van der Waals surface area contributed by atoms with Crippen molar-refractivity contribution in [2.75, 3.05) is 39.2 Å². The molecule has 0 saturated carbocycles. The molecule has 0 spiro atoms. The Hall–Kier alpha value is -1.62. The number of amides is 1. The number of ether oxygens (including phenoxy) is 1. The van der Waals surface area contributed by atoms with E-state index in [0.717, 1.165) is 37.4 Å². The minimum absolute atomic E-state index is 0.0666. The van der Waals surface area contributed by atoms with Crippen LogP contribution >= 0.6 is 0 Å². The quantitative estimate of drug-likeness (QED) is 0.894. The number of carbonyl (C=O) groups excluding carboxylic acids is 1. The summed E-state index contributed by atoms with van der Waals surface area (Å²) in [6.07, 6.45) is 2.10. The molecule has 0 aromatic carbocycles. The second-order valence-electron chi connectivity index (χ2n) is 4.81. The van der Waals surface area contributed by atoms with E-state index in [1.165, 1.54) is 0 Å². The number of hydrogen-bond acceptors (Lipinski definition) is 4. The third-order valence-electron chi connectivity index (χ3n) is 3.49. The van der Waals surface area contributed by atoms with Gasteiger partial charge >= 0.3 is 0 Å². The van der Waals surface area contributed by atoms with E-state index in [9.17, 15) is 4.79 Å². The number of pyridine rings is 1. The first-order chi connectivity index (χ1) is 9.24. The van der Waals surface area contributed by atoms with Crippen molar-refractivity contribution in [3.63, 3.8) is 0 Å². The molecule has 0 aliphatic carbocycles. The van der Waals surface area contributed by atoms with Gasteiger partial charge in [0, 0.05) is 38.9 Å². The Morgan fingerprint density at radius 2 is 2.42 bits per heavy atom. The van der Waals surface area contributed by atoms with Crippen molar-refractivity contribution in [2.24, 2.45) is 0 Å². The maximum Gasteiger partial charge on any atom is 0.248 e. The summed E-state index contributed by atoms with van der Waals surface area (Å²) in [4.78, 5) is 18.3. The molecule has 5 nitrogen and oxygen atoms in total. The minimum atomic E-state index is 0.0666. The zero-order chi connectivity index (χ0) is 13.7. The Kier molecular flexibility index (Phi) is 4.74. The number of piperidine rings is 1. The van der Waals surface area contributed by atoms with Gasteiger partial charge in [-0.15, -0.1) is 0 Å². The smallest absolute Gasteiger partial charge is 0.248 e. The van der Waals surface area contributed by atoms with Crippen LogP contribution in [0.4, 0.5) is 5.82 Å². The maximum atomic E-state index is 11.9. The van der Waals surface area contributed by atoms with Gasteiger partial charge in [0.25, 0.3) is 0 Å². The summed E-state index contributed by atoms with van der Waals surface area (Å²) in [6, 6.07) is 5.99. The van der Waals surface area contributed by atoms with Gasteiger partial charge in [0.2, 0.25) is 5.91 Å². The van der Waals surface area contributed by atoms with Gasteiger partial charge in [-0.3, -0.25) is 4.79 Å².